The second kappa shape index (κ2) is 41.6. The molecule has 7 atom stereocenters. The minimum Gasteiger partial charge on any atom is -0.466 e. The topological polar surface area (TPSA) is 175 Å². The van der Waals surface area contributed by atoms with E-state index in [0.29, 0.717) is 25.9 Å². The van der Waals surface area contributed by atoms with E-state index in [1.165, 1.54) is 109 Å². The number of unbranched alkanes of at least 4 members (excludes halogenated alkanes) is 24. The van der Waals surface area contributed by atoms with E-state index < -0.39 is 49.5 Å². The van der Waals surface area contributed by atoms with E-state index in [4.69, 9.17) is 14.2 Å². The number of rotatable bonds is 42. The van der Waals surface area contributed by atoms with Gasteiger partial charge in [-0.25, -0.2) is 0 Å². The van der Waals surface area contributed by atoms with E-state index in [9.17, 15) is 35.1 Å². The van der Waals surface area contributed by atoms with Crippen LogP contribution in [-0.2, 0) is 23.8 Å². The van der Waals surface area contributed by atoms with E-state index in [2.05, 4.69) is 43.5 Å². The van der Waals surface area contributed by atoms with Gasteiger partial charge in [0.1, 0.15) is 24.4 Å². The zero-order chi connectivity index (χ0) is 45.3. The number of hydrogen-bond acceptors (Lipinski definition) is 10. The Morgan fingerprint density at radius 2 is 1.05 bits per heavy atom. The maximum absolute atomic E-state index is 12.9. The highest BCUT2D eigenvalue weighted by molar-refractivity contribution is 5.76. The van der Waals surface area contributed by atoms with Crippen LogP contribution in [0.2, 0.25) is 0 Å². The molecule has 0 spiro atoms. The molecule has 0 bridgehead atoms. The van der Waals surface area contributed by atoms with Crippen molar-refractivity contribution in [1.29, 1.82) is 0 Å². The number of carbonyl (C=O) groups excluding carboxylic acids is 2. The molecular formula is C51H93NO10. The highest BCUT2D eigenvalue weighted by atomic mass is 16.7. The molecule has 1 heterocycles. The molecule has 1 saturated heterocycles. The van der Waals surface area contributed by atoms with Gasteiger partial charge in [0.15, 0.2) is 6.29 Å². The molecule has 11 nitrogen and oxygen atoms in total. The molecule has 6 N–H and O–H groups in total. The zero-order valence-corrected chi connectivity index (χ0v) is 39.3. The van der Waals surface area contributed by atoms with Gasteiger partial charge >= 0.3 is 5.97 Å². The SMILES string of the molecule is CCCCCC/C=C/CC/C=C/C(O)C(COC1OC(CO)C(O)C(O)C1O)NC(=O)CCCCC/C=C\CCCCCCCCOC(=O)CCCCCCCCCCCCC. The monoisotopic (exact) mass is 880 g/mol. The summed E-state index contributed by atoms with van der Waals surface area (Å²) in [6, 6.07) is -0.846. The number of ether oxygens (including phenoxy) is 3. The van der Waals surface area contributed by atoms with Crippen molar-refractivity contribution < 1.29 is 49.3 Å². The summed E-state index contributed by atoms with van der Waals surface area (Å²) in [5.41, 5.74) is 0. The molecule has 0 aromatic carbocycles. The van der Waals surface area contributed by atoms with Crippen molar-refractivity contribution in [2.24, 2.45) is 0 Å². The predicted octanol–water partition coefficient (Wildman–Crippen LogP) is 9.99. The van der Waals surface area contributed by atoms with Crippen molar-refractivity contribution in [2.75, 3.05) is 19.8 Å². The van der Waals surface area contributed by atoms with Crippen molar-refractivity contribution in [3.8, 4) is 0 Å². The summed E-state index contributed by atoms with van der Waals surface area (Å²) in [6.07, 6.45) is 38.0. The number of aliphatic hydroxyl groups is 5. The summed E-state index contributed by atoms with van der Waals surface area (Å²) >= 11 is 0. The number of esters is 1. The van der Waals surface area contributed by atoms with Crippen LogP contribution in [0.15, 0.2) is 36.5 Å². The highest BCUT2D eigenvalue weighted by Crippen LogP contribution is 2.22. The summed E-state index contributed by atoms with van der Waals surface area (Å²) in [6.45, 7) is 4.20. The van der Waals surface area contributed by atoms with Crippen molar-refractivity contribution >= 4 is 11.9 Å². The van der Waals surface area contributed by atoms with Gasteiger partial charge in [-0.2, -0.15) is 0 Å². The Kier molecular flexibility index (Phi) is 38.8. The Balaban J connectivity index is 2.20. The van der Waals surface area contributed by atoms with Crippen LogP contribution in [0.25, 0.3) is 0 Å². The van der Waals surface area contributed by atoms with Crippen molar-refractivity contribution in [3.63, 3.8) is 0 Å². The average molecular weight is 880 g/mol. The first-order chi connectivity index (χ1) is 30.2. The van der Waals surface area contributed by atoms with Gasteiger partial charge < -0.3 is 45.1 Å². The van der Waals surface area contributed by atoms with Gasteiger partial charge in [-0.1, -0.05) is 166 Å². The van der Waals surface area contributed by atoms with Crippen LogP contribution in [0.5, 0.6) is 0 Å². The van der Waals surface area contributed by atoms with Gasteiger partial charge in [0, 0.05) is 12.8 Å². The molecule has 1 rings (SSSR count). The third kappa shape index (κ3) is 31.7. The predicted molar refractivity (Wildman–Crippen MR) is 251 cm³/mol. The van der Waals surface area contributed by atoms with Crippen molar-refractivity contribution in [3.05, 3.63) is 36.5 Å². The van der Waals surface area contributed by atoms with Crippen molar-refractivity contribution in [2.45, 2.75) is 256 Å². The van der Waals surface area contributed by atoms with E-state index in [0.717, 1.165) is 70.6 Å². The second-order valence-electron chi connectivity index (χ2n) is 17.5. The molecule has 0 saturated carbocycles. The molecule has 0 radical (unpaired) electrons. The number of aliphatic hydroxyl groups excluding tert-OH is 5. The molecule has 0 aromatic heterocycles. The molecule has 362 valence electrons. The lowest BCUT2D eigenvalue weighted by Crippen LogP contribution is -2.60. The van der Waals surface area contributed by atoms with Gasteiger partial charge in [0.2, 0.25) is 5.91 Å². The lowest BCUT2D eigenvalue weighted by atomic mass is 9.99. The quantitative estimate of drug-likeness (QED) is 0.0197. The fourth-order valence-electron chi connectivity index (χ4n) is 7.62. The van der Waals surface area contributed by atoms with E-state index >= 15 is 0 Å². The molecule has 62 heavy (non-hydrogen) atoms. The van der Waals surface area contributed by atoms with E-state index in [-0.39, 0.29) is 18.5 Å². The van der Waals surface area contributed by atoms with Gasteiger partial charge in [-0.3, -0.25) is 9.59 Å². The lowest BCUT2D eigenvalue weighted by molar-refractivity contribution is -0.302. The Labute approximate surface area is 377 Å². The normalized spacial score (nSPS) is 20.4. The molecule has 11 heteroatoms. The molecule has 1 amide bonds. The van der Waals surface area contributed by atoms with Gasteiger partial charge in [0.05, 0.1) is 32.0 Å². The Bertz CT molecular complexity index is 1130. The molecular weight excluding hydrogens is 787 g/mol. The van der Waals surface area contributed by atoms with Gasteiger partial charge in [-0.05, 0) is 70.6 Å². The first-order valence-corrected chi connectivity index (χ1v) is 25.3. The first-order valence-electron chi connectivity index (χ1n) is 25.3. The van der Waals surface area contributed by atoms with Crippen LogP contribution in [0.4, 0.5) is 0 Å². The minimum absolute atomic E-state index is 0.0372. The number of hydrogen-bond donors (Lipinski definition) is 6. The van der Waals surface area contributed by atoms with Crippen LogP contribution in [0.3, 0.4) is 0 Å². The maximum Gasteiger partial charge on any atom is 0.305 e. The average Bonchev–Trinajstić information content (AvgIpc) is 3.27. The zero-order valence-electron chi connectivity index (χ0n) is 39.3. The largest absolute Gasteiger partial charge is 0.466 e. The Morgan fingerprint density at radius 3 is 1.63 bits per heavy atom. The molecule has 1 aliphatic rings. The smallest absolute Gasteiger partial charge is 0.305 e. The van der Waals surface area contributed by atoms with Gasteiger partial charge in [0.25, 0.3) is 0 Å². The fraction of sp³-hybridized carbons (Fsp3) is 0.843. The third-order valence-corrected chi connectivity index (χ3v) is 11.7. The fourth-order valence-corrected chi connectivity index (χ4v) is 7.62. The Hall–Kier alpha value is -2.12. The number of amides is 1. The summed E-state index contributed by atoms with van der Waals surface area (Å²) in [7, 11) is 0. The van der Waals surface area contributed by atoms with E-state index in [1.54, 1.807) is 6.08 Å². The number of carbonyl (C=O) groups is 2. The molecule has 7 unspecified atom stereocenters. The molecule has 1 fully saturated rings. The number of allylic oxidation sites excluding steroid dienone is 5. The summed E-state index contributed by atoms with van der Waals surface area (Å²) < 4.78 is 16.6. The maximum atomic E-state index is 12.9. The van der Waals surface area contributed by atoms with Crippen LogP contribution < -0.4 is 5.32 Å². The van der Waals surface area contributed by atoms with E-state index in [1.807, 2.05) is 6.08 Å². The third-order valence-electron chi connectivity index (χ3n) is 11.7. The first kappa shape index (κ1) is 57.9. The van der Waals surface area contributed by atoms with Crippen LogP contribution in [-0.4, -0.2) is 100 Å². The van der Waals surface area contributed by atoms with Crippen LogP contribution in [0.1, 0.15) is 213 Å². The summed E-state index contributed by atoms with van der Waals surface area (Å²) in [5, 5.41) is 54.0. The standard InChI is InChI=1S/C51H93NO10/c1-3-5-7-9-11-13-18-23-27-31-35-39-47(56)60-40-36-32-28-24-20-17-15-16-19-22-26-30-34-38-46(55)52-43(42-61-51-50(59)49(58)48(57)45(41-53)62-51)44(54)37-33-29-25-21-14-12-10-8-6-4-2/h14,16,19,21,33,37,43-45,48-51,53-54,57-59H,3-13,15,17-18,20,22-32,34-36,38-42H2,1-2H3,(H,52,55)/b19-16-,21-14+,37-33+. The van der Waals surface area contributed by atoms with Crippen molar-refractivity contribution in [1.82, 2.24) is 5.32 Å². The summed E-state index contributed by atoms with van der Waals surface area (Å²) in [5.74, 6) is -0.262. The minimum atomic E-state index is -1.58. The van der Waals surface area contributed by atoms with Gasteiger partial charge in [-0.15, -0.1) is 0 Å². The van der Waals surface area contributed by atoms with Crippen LogP contribution in [0, 0.1) is 0 Å². The highest BCUT2D eigenvalue weighted by Gasteiger charge is 2.44. The Morgan fingerprint density at radius 1 is 0.581 bits per heavy atom. The molecule has 0 aromatic rings. The number of nitrogens with one attached hydrogen (secondary N) is 1. The summed E-state index contributed by atoms with van der Waals surface area (Å²) in [4.78, 5) is 24.9. The second-order valence-corrected chi connectivity index (χ2v) is 17.5. The molecule has 1 aliphatic heterocycles. The van der Waals surface area contributed by atoms with Crippen LogP contribution >= 0.6 is 0 Å². The lowest BCUT2D eigenvalue weighted by Gasteiger charge is -2.40. The molecule has 0 aliphatic carbocycles.